The Balaban J connectivity index is 2.90. The Morgan fingerprint density at radius 2 is 1.80 bits per heavy atom. The fourth-order valence-corrected chi connectivity index (χ4v) is 1.87. The largest absolute Gasteiger partial charge is 0.466 e. The molecule has 0 aliphatic heterocycles. The summed E-state index contributed by atoms with van der Waals surface area (Å²) in [4.78, 5) is 13.3. The molecule has 0 aromatic heterocycles. The Morgan fingerprint density at radius 1 is 1.25 bits per heavy atom. The Hall–Kier alpha value is -1.56. The molecule has 0 bridgehead atoms. The molecular weight excluding hydrogens is 271 g/mol. The predicted octanol–water partition coefficient (Wildman–Crippen LogP) is 3.26. The number of hydrogen-bond acceptors (Lipinski definition) is 3. The number of nitrogens with zero attached hydrogens (tertiary/aromatic N) is 1. The fraction of sp³-hybridized carbons (Fsp3) is 0.500. The smallest absolute Gasteiger partial charge is 0.416 e. The first-order valence-electron chi connectivity index (χ1n) is 6.25. The van der Waals surface area contributed by atoms with E-state index in [1.54, 1.807) is 25.9 Å². The van der Waals surface area contributed by atoms with Crippen LogP contribution in [0.25, 0.3) is 0 Å². The number of rotatable bonds is 5. The molecular formula is C14H18F3NO2. The molecule has 0 aliphatic carbocycles. The molecule has 1 aromatic carbocycles. The van der Waals surface area contributed by atoms with Crippen molar-refractivity contribution < 1.29 is 22.7 Å². The minimum Gasteiger partial charge on any atom is -0.466 e. The first kappa shape index (κ1) is 16.5. The van der Waals surface area contributed by atoms with E-state index in [4.69, 9.17) is 4.74 Å². The van der Waals surface area contributed by atoms with Crippen molar-refractivity contribution >= 4 is 5.97 Å². The average Bonchev–Trinajstić information content (AvgIpc) is 2.35. The minimum absolute atomic E-state index is 0.103. The highest BCUT2D eigenvalue weighted by atomic mass is 19.4. The zero-order valence-electron chi connectivity index (χ0n) is 11.7. The quantitative estimate of drug-likeness (QED) is 0.779. The van der Waals surface area contributed by atoms with Gasteiger partial charge in [0.25, 0.3) is 0 Å². The number of halogens is 3. The Labute approximate surface area is 116 Å². The molecule has 1 atom stereocenters. The molecule has 3 nitrogen and oxygen atoms in total. The third-order valence-electron chi connectivity index (χ3n) is 2.91. The van der Waals surface area contributed by atoms with Crippen LogP contribution in [0.5, 0.6) is 0 Å². The van der Waals surface area contributed by atoms with Gasteiger partial charge in [0.05, 0.1) is 18.6 Å². The summed E-state index contributed by atoms with van der Waals surface area (Å²) in [5.74, 6) is -0.369. The van der Waals surface area contributed by atoms with Gasteiger partial charge in [0.15, 0.2) is 0 Å². The third kappa shape index (κ3) is 4.52. The van der Waals surface area contributed by atoms with Crippen molar-refractivity contribution in [1.29, 1.82) is 0 Å². The molecule has 0 amide bonds. The molecule has 0 spiro atoms. The van der Waals surface area contributed by atoms with Crippen LogP contribution in [0.3, 0.4) is 0 Å². The molecule has 0 fully saturated rings. The van der Waals surface area contributed by atoms with Crippen LogP contribution in [0, 0.1) is 0 Å². The lowest BCUT2D eigenvalue weighted by atomic mass is 10.0. The monoisotopic (exact) mass is 289 g/mol. The Bertz CT molecular complexity index is 441. The maximum Gasteiger partial charge on any atom is 0.416 e. The van der Waals surface area contributed by atoms with Crippen LogP contribution in [-0.2, 0) is 15.7 Å². The zero-order valence-corrected chi connectivity index (χ0v) is 11.7. The maximum atomic E-state index is 12.5. The Morgan fingerprint density at radius 3 is 2.20 bits per heavy atom. The normalized spacial score (nSPS) is 13.3. The van der Waals surface area contributed by atoms with Gasteiger partial charge in [0.1, 0.15) is 0 Å². The van der Waals surface area contributed by atoms with Crippen LogP contribution in [0.15, 0.2) is 24.3 Å². The second-order valence-electron chi connectivity index (χ2n) is 4.61. The number of carbonyl (C=O) groups excluding carboxylic acids is 1. The van der Waals surface area contributed by atoms with Crippen LogP contribution in [0.1, 0.15) is 30.5 Å². The molecule has 6 heteroatoms. The van der Waals surface area contributed by atoms with Gasteiger partial charge in [-0.2, -0.15) is 13.2 Å². The number of alkyl halides is 3. The van der Waals surface area contributed by atoms with Crippen molar-refractivity contribution in [2.75, 3.05) is 20.7 Å². The van der Waals surface area contributed by atoms with Crippen LogP contribution in [-0.4, -0.2) is 31.6 Å². The molecule has 0 aliphatic rings. The lowest BCUT2D eigenvalue weighted by molar-refractivity contribution is -0.144. The molecule has 0 saturated carbocycles. The first-order valence-corrected chi connectivity index (χ1v) is 6.25. The number of carbonyl (C=O) groups is 1. The van der Waals surface area contributed by atoms with E-state index in [0.29, 0.717) is 5.56 Å². The Kier molecular flexibility index (Phi) is 5.56. The number of esters is 1. The summed E-state index contributed by atoms with van der Waals surface area (Å²) in [6.07, 6.45) is -4.25. The van der Waals surface area contributed by atoms with Gasteiger partial charge in [-0.1, -0.05) is 12.1 Å². The van der Waals surface area contributed by atoms with E-state index in [1.165, 1.54) is 12.1 Å². The molecule has 112 valence electrons. The van der Waals surface area contributed by atoms with Gasteiger partial charge < -0.3 is 9.64 Å². The number of hydrogen-bond donors (Lipinski definition) is 0. The second kappa shape index (κ2) is 6.74. The van der Waals surface area contributed by atoms with Gasteiger partial charge in [0.2, 0.25) is 0 Å². The van der Waals surface area contributed by atoms with Crippen molar-refractivity contribution in [3.05, 3.63) is 35.4 Å². The zero-order chi connectivity index (χ0) is 15.3. The molecule has 0 radical (unpaired) electrons. The lowest BCUT2D eigenvalue weighted by Crippen LogP contribution is -2.24. The molecule has 0 saturated heterocycles. The SMILES string of the molecule is CCOC(=O)CC(c1ccc(C(F)(F)F)cc1)N(C)C. The molecule has 20 heavy (non-hydrogen) atoms. The van der Waals surface area contributed by atoms with Crippen LogP contribution in [0.2, 0.25) is 0 Å². The van der Waals surface area contributed by atoms with E-state index in [1.807, 2.05) is 0 Å². The highest BCUT2D eigenvalue weighted by Gasteiger charge is 2.30. The fourth-order valence-electron chi connectivity index (χ4n) is 1.87. The summed E-state index contributed by atoms with van der Waals surface area (Å²) in [6.45, 7) is 1.99. The van der Waals surface area contributed by atoms with E-state index in [-0.39, 0.29) is 25.0 Å². The number of ether oxygens (including phenoxy) is 1. The minimum atomic E-state index is -4.35. The van der Waals surface area contributed by atoms with E-state index in [2.05, 4.69) is 0 Å². The van der Waals surface area contributed by atoms with Crippen LogP contribution < -0.4 is 0 Å². The molecule has 1 unspecified atom stereocenters. The van der Waals surface area contributed by atoms with Gasteiger partial charge in [0, 0.05) is 6.04 Å². The van der Waals surface area contributed by atoms with E-state index >= 15 is 0 Å². The lowest BCUT2D eigenvalue weighted by Gasteiger charge is -2.24. The third-order valence-corrected chi connectivity index (χ3v) is 2.91. The first-order chi connectivity index (χ1) is 9.25. The van der Waals surface area contributed by atoms with Crippen LogP contribution in [0.4, 0.5) is 13.2 Å². The summed E-state index contributed by atoms with van der Waals surface area (Å²) in [6, 6.07) is 4.53. The van der Waals surface area contributed by atoms with Crippen molar-refractivity contribution in [2.24, 2.45) is 0 Å². The predicted molar refractivity (Wildman–Crippen MR) is 69.1 cm³/mol. The van der Waals surface area contributed by atoms with Gasteiger partial charge >= 0.3 is 12.1 Å². The average molecular weight is 289 g/mol. The van der Waals surface area contributed by atoms with Gasteiger partial charge in [-0.05, 0) is 38.7 Å². The van der Waals surface area contributed by atoms with Crippen molar-refractivity contribution in [3.8, 4) is 0 Å². The highest BCUT2D eigenvalue weighted by molar-refractivity contribution is 5.70. The summed E-state index contributed by atoms with van der Waals surface area (Å²) in [5.41, 5.74) is -0.0501. The van der Waals surface area contributed by atoms with E-state index < -0.39 is 11.7 Å². The topological polar surface area (TPSA) is 29.5 Å². The summed E-state index contributed by atoms with van der Waals surface area (Å²) >= 11 is 0. The van der Waals surface area contributed by atoms with Crippen LogP contribution >= 0.6 is 0 Å². The highest BCUT2D eigenvalue weighted by Crippen LogP contribution is 2.31. The number of benzene rings is 1. The second-order valence-corrected chi connectivity index (χ2v) is 4.61. The molecule has 0 N–H and O–H groups in total. The van der Waals surface area contributed by atoms with E-state index in [0.717, 1.165) is 12.1 Å². The summed E-state index contributed by atoms with van der Waals surface area (Å²) in [7, 11) is 3.53. The summed E-state index contributed by atoms with van der Waals surface area (Å²) < 4.78 is 42.4. The van der Waals surface area contributed by atoms with Gasteiger partial charge in [-0.25, -0.2) is 0 Å². The molecule has 1 rings (SSSR count). The van der Waals surface area contributed by atoms with Crippen molar-refractivity contribution in [3.63, 3.8) is 0 Å². The summed E-state index contributed by atoms with van der Waals surface area (Å²) in [5, 5.41) is 0. The standard InChI is InChI=1S/C14H18F3NO2/c1-4-20-13(19)9-12(18(2)3)10-5-7-11(8-6-10)14(15,16)17/h5-8,12H,4,9H2,1-3H3. The van der Waals surface area contributed by atoms with Gasteiger partial charge in [-0.15, -0.1) is 0 Å². The van der Waals surface area contributed by atoms with E-state index in [9.17, 15) is 18.0 Å². The van der Waals surface area contributed by atoms with Crippen molar-refractivity contribution in [1.82, 2.24) is 4.90 Å². The maximum absolute atomic E-state index is 12.5. The van der Waals surface area contributed by atoms with Gasteiger partial charge in [-0.3, -0.25) is 4.79 Å². The molecule has 0 heterocycles. The van der Waals surface area contributed by atoms with Crippen molar-refractivity contribution in [2.45, 2.75) is 25.6 Å². The molecule has 1 aromatic rings.